The van der Waals surface area contributed by atoms with Gasteiger partial charge in [-0.1, -0.05) is 20.8 Å². The van der Waals surface area contributed by atoms with Crippen LogP contribution in [0.5, 0.6) is 0 Å². The number of rotatable bonds is 7. The lowest BCUT2D eigenvalue weighted by Gasteiger charge is -2.35. The van der Waals surface area contributed by atoms with Gasteiger partial charge in [-0.2, -0.15) is 0 Å². The highest BCUT2D eigenvalue weighted by atomic mass is 16.5. The van der Waals surface area contributed by atoms with Crippen molar-refractivity contribution in [1.29, 1.82) is 0 Å². The third-order valence-electron chi connectivity index (χ3n) is 3.64. The molecular weight excluding hydrogens is 206 g/mol. The van der Waals surface area contributed by atoms with Crippen molar-refractivity contribution in [2.45, 2.75) is 58.1 Å². The van der Waals surface area contributed by atoms with Crippen molar-refractivity contribution in [3.8, 4) is 0 Å². The molecule has 0 saturated carbocycles. The Morgan fingerprint density at radius 3 is 2.00 bits per heavy atom. The summed E-state index contributed by atoms with van der Waals surface area (Å²) in [5.74, 6) is -0.157. The van der Waals surface area contributed by atoms with Gasteiger partial charge in [0.05, 0.1) is 12.1 Å². The van der Waals surface area contributed by atoms with Crippen molar-refractivity contribution in [3.63, 3.8) is 0 Å². The molecule has 16 heavy (non-hydrogen) atoms. The number of carbonyl (C=O) groups excluding carboxylic acids is 1. The summed E-state index contributed by atoms with van der Waals surface area (Å²) >= 11 is 0. The number of nitrogens with one attached hydrogen (secondary N) is 1. The van der Waals surface area contributed by atoms with Gasteiger partial charge in [-0.25, -0.2) is 0 Å². The van der Waals surface area contributed by atoms with E-state index >= 15 is 0 Å². The van der Waals surface area contributed by atoms with Crippen LogP contribution in [0, 0.1) is 0 Å². The molecule has 0 aromatic heterocycles. The highest BCUT2D eigenvalue weighted by Crippen LogP contribution is 2.19. The van der Waals surface area contributed by atoms with Gasteiger partial charge in [0, 0.05) is 7.11 Å². The van der Waals surface area contributed by atoms with Gasteiger partial charge in [0.2, 0.25) is 0 Å². The van der Waals surface area contributed by atoms with Crippen molar-refractivity contribution in [2.24, 2.45) is 0 Å². The smallest absolute Gasteiger partial charge is 0.252 e. The summed E-state index contributed by atoms with van der Waals surface area (Å²) < 4.78 is 5.23. The lowest BCUT2D eigenvalue weighted by atomic mass is 9.91. The molecule has 1 atom stereocenters. The lowest BCUT2D eigenvalue weighted by molar-refractivity contribution is -0.144. The van der Waals surface area contributed by atoms with Crippen LogP contribution in [0.2, 0.25) is 0 Å². The Bertz CT molecular complexity index is 212. The van der Waals surface area contributed by atoms with E-state index in [1.54, 1.807) is 6.92 Å². The number of hydrogen-bond donors (Lipinski definition) is 2. The van der Waals surface area contributed by atoms with Gasteiger partial charge >= 0.3 is 0 Å². The maximum absolute atomic E-state index is 12.1. The molecule has 0 aromatic rings. The molecule has 0 heterocycles. The molecule has 0 spiro atoms. The standard InChI is InChI=1S/C12H25NO3/c1-6-11(4,16-5)10(15)13-12(7-2,8-3)9-14/h14H,6-9H2,1-5H3,(H,13,15). The average Bonchev–Trinajstić information content (AvgIpc) is 2.34. The summed E-state index contributed by atoms with van der Waals surface area (Å²) in [5.41, 5.74) is -1.34. The molecule has 0 aromatic carbocycles. The average molecular weight is 231 g/mol. The topological polar surface area (TPSA) is 58.6 Å². The van der Waals surface area contributed by atoms with Crippen LogP contribution < -0.4 is 5.32 Å². The van der Waals surface area contributed by atoms with Crippen LogP contribution in [0.3, 0.4) is 0 Å². The molecule has 0 rings (SSSR count). The Labute approximate surface area is 98.4 Å². The van der Waals surface area contributed by atoms with Crippen molar-refractivity contribution in [2.75, 3.05) is 13.7 Å². The zero-order chi connectivity index (χ0) is 12.8. The highest BCUT2D eigenvalue weighted by Gasteiger charge is 2.36. The van der Waals surface area contributed by atoms with E-state index in [9.17, 15) is 9.90 Å². The Morgan fingerprint density at radius 2 is 1.75 bits per heavy atom. The van der Waals surface area contributed by atoms with E-state index in [4.69, 9.17) is 4.74 Å². The number of amides is 1. The second kappa shape index (κ2) is 6.21. The second-order valence-electron chi connectivity index (χ2n) is 4.39. The maximum atomic E-state index is 12.1. The summed E-state index contributed by atoms with van der Waals surface area (Å²) in [6.45, 7) is 7.53. The van der Waals surface area contributed by atoms with Gasteiger partial charge in [0.25, 0.3) is 5.91 Å². The van der Waals surface area contributed by atoms with Crippen LogP contribution in [0.1, 0.15) is 47.0 Å². The van der Waals surface area contributed by atoms with Gasteiger partial charge in [-0.15, -0.1) is 0 Å². The van der Waals surface area contributed by atoms with E-state index in [-0.39, 0.29) is 12.5 Å². The SMILES string of the molecule is CCC(CC)(CO)NC(=O)C(C)(CC)OC. The predicted molar refractivity (Wildman–Crippen MR) is 64.2 cm³/mol. The second-order valence-corrected chi connectivity index (χ2v) is 4.39. The van der Waals surface area contributed by atoms with Crippen molar-refractivity contribution in [1.82, 2.24) is 5.32 Å². The summed E-state index contributed by atoms with van der Waals surface area (Å²) in [7, 11) is 1.53. The first-order valence-corrected chi connectivity index (χ1v) is 5.92. The first-order chi connectivity index (χ1) is 7.43. The Morgan fingerprint density at radius 1 is 1.25 bits per heavy atom. The van der Waals surface area contributed by atoms with Crippen molar-refractivity contribution >= 4 is 5.91 Å². The van der Waals surface area contributed by atoms with Crippen LogP contribution in [0.25, 0.3) is 0 Å². The van der Waals surface area contributed by atoms with Crippen molar-refractivity contribution < 1.29 is 14.6 Å². The Kier molecular flexibility index (Phi) is 5.97. The van der Waals surface area contributed by atoms with E-state index < -0.39 is 11.1 Å². The molecular formula is C12H25NO3. The van der Waals surface area contributed by atoms with E-state index in [0.717, 1.165) is 0 Å². The van der Waals surface area contributed by atoms with Gasteiger partial charge in [0.15, 0.2) is 0 Å². The Balaban J connectivity index is 4.76. The zero-order valence-electron chi connectivity index (χ0n) is 11.1. The van der Waals surface area contributed by atoms with Gasteiger partial charge in [-0.05, 0) is 26.2 Å². The molecule has 4 heteroatoms. The van der Waals surface area contributed by atoms with Crippen LogP contribution in [0.4, 0.5) is 0 Å². The van der Waals surface area contributed by atoms with E-state index in [0.29, 0.717) is 19.3 Å². The molecule has 96 valence electrons. The number of hydrogen-bond acceptors (Lipinski definition) is 3. The molecule has 1 unspecified atom stereocenters. The third-order valence-corrected chi connectivity index (χ3v) is 3.64. The molecule has 0 aliphatic rings. The fourth-order valence-electron chi connectivity index (χ4n) is 1.46. The summed E-state index contributed by atoms with van der Waals surface area (Å²) in [6.07, 6.45) is 2.01. The molecule has 0 bridgehead atoms. The molecule has 4 nitrogen and oxygen atoms in total. The molecule has 0 aliphatic heterocycles. The maximum Gasteiger partial charge on any atom is 0.252 e. The molecule has 2 N–H and O–H groups in total. The quantitative estimate of drug-likeness (QED) is 0.697. The largest absolute Gasteiger partial charge is 0.394 e. The zero-order valence-corrected chi connectivity index (χ0v) is 11.1. The minimum absolute atomic E-state index is 0.0464. The molecule has 0 radical (unpaired) electrons. The minimum Gasteiger partial charge on any atom is -0.394 e. The normalized spacial score (nSPS) is 15.6. The number of aliphatic hydroxyl groups is 1. The number of methoxy groups -OCH3 is 1. The van der Waals surface area contributed by atoms with Crippen LogP contribution in [-0.2, 0) is 9.53 Å². The summed E-state index contributed by atoms with van der Waals surface area (Å²) in [6, 6.07) is 0. The Hall–Kier alpha value is -0.610. The number of carbonyl (C=O) groups is 1. The van der Waals surface area contributed by atoms with Crippen LogP contribution in [-0.4, -0.2) is 35.9 Å². The molecule has 0 saturated heterocycles. The lowest BCUT2D eigenvalue weighted by Crippen LogP contribution is -2.57. The van der Waals surface area contributed by atoms with Crippen LogP contribution >= 0.6 is 0 Å². The monoisotopic (exact) mass is 231 g/mol. The van der Waals surface area contributed by atoms with Crippen LogP contribution in [0.15, 0.2) is 0 Å². The molecule has 1 amide bonds. The molecule has 0 fully saturated rings. The summed E-state index contributed by atoms with van der Waals surface area (Å²) in [4.78, 5) is 12.1. The van der Waals surface area contributed by atoms with Gasteiger partial charge in [0.1, 0.15) is 5.60 Å². The minimum atomic E-state index is -0.815. The summed E-state index contributed by atoms with van der Waals surface area (Å²) in [5, 5.41) is 12.3. The highest BCUT2D eigenvalue weighted by molar-refractivity contribution is 5.85. The van der Waals surface area contributed by atoms with E-state index in [1.807, 2.05) is 20.8 Å². The first kappa shape index (κ1) is 15.4. The molecule has 0 aliphatic carbocycles. The number of ether oxygens (including phenoxy) is 1. The fraction of sp³-hybridized carbons (Fsp3) is 0.917. The predicted octanol–water partition coefficient (Wildman–Crippen LogP) is 1.47. The third kappa shape index (κ3) is 3.19. The van der Waals surface area contributed by atoms with E-state index in [1.165, 1.54) is 7.11 Å². The number of aliphatic hydroxyl groups excluding tert-OH is 1. The van der Waals surface area contributed by atoms with Crippen molar-refractivity contribution in [3.05, 3.63) is 0 Å². The fourth-order valence-corrected chi connectivity index (χ4v) is 1.46. The van der Waals surface area contributed by atoms with E-state index in [2.05, 4.69) is 5.32 Å². The van der Waals surface area contributed by atoms with Gasteiger partial charge in [-0.3, -0.25) is 4.79 Å². The first-order valence-electron chi connectivity index (χ1n) is 5.92. The van der Waals surface area contributed by atoms with Gasteiger partial charge < -0.3 is 15.2 Å².